The summed E-state index contributed by atoms with van der Waals surface area (Å²) in [6.45, 7) is 4.44. The monoisotopic (exact) mass is 195 g/mol. The van der Waals surface area contributed by atoms with Gasteiger partial charge in [0, 0.05) is 6.07 Å². The van der Waals surface area contributed by atoms with E-state index in [1.807, 2.05) is 19.9 Å². The molecule has 1 rings (SSSR count). The van der Waals surface area contributed by atoms with E-state index in [1.165, 1.54) is 0 Å². The lowest BCUT2D eigenvalue weighted by atomic mass is 10.2. The van der Waals surface area contributed by atoms with Crippen LogP contribution in [0.3, 0.4) is 0 Å². The largest absolute Gasteiger partial charge is 0.493 e. The van der Waals surface area contributed by atoms with Crippen molar-refractivity contribution in [2.75, 3.05) is 20.8 Å². The normalized spacial score (nSPS) is 9.71. The molecule has 0 saturated carbocycles. The van der Waals surface area contributed by atoms with E-state index in [9.17, 15) is 0 Å². The SMILES string of the molecule is CCOc1[c]c(C)cc(OC)c1OC. The summed E-state index contributed by atoms with van der Waals surface area (Å²) in [5.74, 6) is 1.87. The first-order valence-corrected chi connectivity index (χ1v) is 4.50. The zero-order valence-corrected chi connectivity index (χ0v) is 9.01. The van der Waals surface area contributed by atoms with Crippen molar-refractivity contribution in [3.8, 4) is 17.2 Å². The molecule has 1 aromatic rings. The second-order valence-electron chi connectivity index (χ2n) is 2.82. The molecule has 3 nitrogen and oxygen atoms in total. The number of hydrogen-bond acceptors (Lipinski definition) is 3. The van der Waals surface area contributed by atoms with Crippen LogP contribution in [0.25, 0.3) is 0 Å². The van der Waals surface area contributed by atoms with Gasteiger partial charge in [0.1, 0.15) is 0 Å². The van der Waals surface area contributed by atoms with Crippen LogP contribution in [0.2, 0.25) is 0 Å². The van der Waals surface area contributed by atoms with Crippen molar-refractivity contribution in [2.45, 2.75) is 13.8 Å². The average molecular weight is 195 g/mol. The van der Waals surface area contributed by atoms with E-state index in [-0.39, 0.29) is 0 Å². The van der Waals surface area contributed by atoms with Crippen LogP contribution in [0.1, 0.15) is 12.5 Å². The topological polar surface area (TPSA) is 27.7 Å². The summed E-state index contributed by atoms with van der Waals surface area (Å²) in [4.78, 5) is 0. The Balaban J connectivity index is 3.17. The van der Waals surface area contributed by atoms with Crippen LogP contribution in [0.5, 0.6) is 17.2 Å². The van der Waals surface area contributed by atoms with Gasteiger partial charge in [-0.25, -0.2) is 0 Å². The van der Waals surface area contributed by atoms with Crippen LogP contribution in [0.15, 0.2) is 6.07 Å². The summed E-state index contributed by atoms with van der Waals surface area (Å²) < 4.78 is 15.8. The van der Waals surface area contributed by atoms with E-state index in [0.29, 0.717) is 23.9 Å². The Bertz CT molecular complexity index is 308. The third kappa shape index (κ3) is 2.10. The molecule has 0 N–H and O–H groups in total. The number of benzene rings is 1. The summed E-state index contributed by atoms with van der Waals surface area (Å²) in [5, 5.41) is 0. The summed E-state index contributed by atoms with van der Waals surface area (Å²) >= 11 is 0. The second kappa shape index (κ2) is 4.74. The van der Waals surface area contributed by atoms with E-state index in [2.05, 4.69) is 6.07 Å². The number of ether oxygens (including phenoxy) is 3. The van der Waals surface area contributed by atoms with Crippen LogP contribution < -0.4 is 14.2 Å². The first-order valence-electron chi connectivity index (χ1n) is 4.50. The number of rotatable bonds is 4. The molecule has 1 radical (unpaired) electrons. The van der Waals surface area contributed by atoms with Crippen LogP contribution in [-0.2, 0) is 0 Å². The van der Waals surface area contributed by atoms with Gasteiger partial charge in [-0.3, -0.25) is 0 Å². The van der Waals surface area contributed by atoms with Gasteiger partial charge in [0.2, 0.25) is 5.75 Å². The maximum atomic E-state index is 5.39. The Morgan fingerprint density at radius 3 is 2.50 bits per heavy atom. The third-order valence-electron chi connectivity index (χ3n) is 1.80. The minimum absolute atomic E-state index is 0.583. The van der Waals surface area contributed by atoms with Crippen molar-refractivity contribution in [1.29, 1.82) is 0 Å². The predicted molar refractivity (Wildman–Crippen MR) is 54.3 cm³/mol. The van der Waals surface area contributed by atoms with Gasteiger partial charge in [-0.1, -0.05) is 0 Å². The zero-order valence-electron chi connectivity index (χ0n) is 9.01. The molecule has 3 heteroatoms. The highest BCUT2D eigenvalue weighted by Gasteiger charge is 2.12. The van der Waals surface area contributed by atoms with Crippen molar-refractivity contribution >= 4 is 0 Å². The van der Waals surface area contributed by atoms with Crippen LogP contribution in [0.4, 0.5) is 0 Å². The average Bonchev–Trinajstić information content (AvgIpc) is 2.17. The molecule has 0 aliphatic rings. The third-order valence-corrected chi connectivity index (χ3v) is 1.80. The molecule has 1 aromatic carbocycles. The van der Waals surface area contributed by atoms with Crippen molar-refractivity contribution in [2.24, 2.45) is 0 Å². The Labute approximate surface area is 84.6 Å². The molecule has 0 aromatic heterocycles. The van der Waals surface area contributed by atoms with E-state index in [1.54, 1.807) is 14.2 Å². The molecule has 0 unspecified atom stereocenters. The van der Waals surface area contributed by atoms with Gasteiger partial charge in [-0.15, -0.1) is 0 Å². The predicted octanol–water partition coefficient (Wildman–Crippen LogP) is 2.21. The van der Waals surface area contributed by atoms with E-state index in [0.717, 1.165) is 5.56 Å². The van der Waals surface area contributed by atoms with E-state index >= 15 is 0 Å². The maximum absolute atomic E-state index is 5.39. The molecule has 0 saturated heterocycles. The fraction of sp³-hybridized carbons (Fsp3) is 0.455. The van der Waals surface area contributed by atoms with E-state index < -0.39 is 0 Å². The molecule has 0 aliphatic heterocycles. The lowest BCUT2D eigenvalue weighted by molar-refractivity contribution is 0.295. The lowest BCUT2D eigenvalue weighted by Crippen LogP contribution is -1.98. The summed E-state index contributed by atoms with van der Waals surface area (Å²) in [6, 6.07) is 4.94. The van der Waals surface area contributed by atoms with Crippen molar-refractivity contribution in [1.82, 2.24) is 0 Å². The van der Waals surface area contributed by atoms with Gasteiger partial charge in [0.05, 0.1) is 20.8 Å². The second-order valence-corrected chi connectivity index (χ2v) is 2.82. The van der Waals surface area contributed by atoms with Crippen LogP contribution in [-0.4, -0.2) is 20.8 Å². The molecule has 0 fully saturated rings. The quantitative estimate of drug-likeness (QED) is 0.737. The standard InChI is InChI=1S/C11H15O3/c1-5-14-10-7-8(2)6-9(12-3)11(10)13-4/h6H,5H2,1-4H3. The molecule has 0 aliphatic carbocycles. The van der Waals surface area contributed by atoms with Crippen molar-refractivity contribution in [3.05, 3.63) is 17.7 Å². The fourth-order valence-corrected chi connectivity index (χ4v) is 1.24. The summed E-state index contributed by atoms with van der Waals surface area (Å²) in [6.07, 6.45) is 0. The molecule has 0 bridgehead atoms. The highest BCUT2D eigenvalue weighted by Crippen LogP contribution is 2.37. The van der Waals surface area contributed by atoms with Gasteiger partial charge in [-0.2, -0.15) is 0 Å². The number of aryl methyl sites for hydroxylation is 1. The highest BCUT2D eigenvalue weighted by atomic mass is 16.5. The summed E-state index contributed by atoms with van der Waals surface area (Å²) in [7, 11) is 3.19. The zero-order chi connectivity index (χ0) is 10.6. The Morgan fingerprint density at radius 2 is 2.00 bits per heavy atom. The first-order chi connectivity index (χ1) is 6.72. The molecular formula is C11H15O3. The molecular weight excluding hydrogens is 180 g/mol. The Hall–Kier alpha value is -1.38. The Morgan fingerprint density at radius 1 is 1.29 bits per heavy atom. The van der Waals surface area contributed by atoms with Crippen LogP contribution >= 0.6 is 0 Å². The number of methoxy groups -OCH3 is 2. The van der Waals surface area contributed by atoms with Gasteiger partial charge in [0.25, 0.3) is 0 Å². The van der Waals surface area contributed by atoms with Crippen molar-refractivity contribution in [3.63, 3.8) is 0 Å². The smallest absolute Gasteiger partial charge is 0.203 e. The van der Waals surface area contributed by atoms with Gasteiger partial charge in [-0.05, 0) is 25.5 Å². The molecule has 14 heavy (non-hydrogen) atoms. The van der Waals surface area contributed by atoms with Gasteiger partial charge >= 0.3 is 0 Å². The van der Waals surface area contributed by atoms with Gasteiger partial charge in [0.15, 0.2) is 11.5 Å². The van der Waals surface area contributed by atoms with Crippen LogP contribution in [0, 0.1) is 13.0 Å². The maximum Gasteiger partial charge on any atom is 0.203 e. The van der Waals surface area contributed by atoms with Crippen molar-refractivity contribution < 1.29 is 14.2 Å². The highest BCUT2D eigenvalue weighted by molar-refractivity contribution is 5.52. The molecule has 0 amide bonds. The minimum Gasteiger partial charge on any atom is -0.493 e. The lowest BCUT2D eigenvalue weighted by Gasteiger charge is -2.13. The Kier molecular flexibility index (Phi) is 3.63. The van der Waals surface area contributed by atoms with Gasteiger partial charge < -0.3 is 14.2 Å². The molecule has 0 atom stereocenters. The molecule has 0 spiro atoms. The first kappa shape index (κ1) is 10.7. The van der Waals surface area contributed by atoms with E-state index in [4.69, 9.17) is 14.2 Å². The molecule has 0 heterocycles. The molecule has 77 valence electrons. The fourth-order valence-electron chi connectivity index (χ4n) is 1.24. The summed E-state index contributed by atoms with van der Waals surface area (Å²) in [5.41, 5.74) is 0.964. The number of hydrogen-bond donors (Lipinski definition) is 0. The minimum atomic E-state index is 0.583.